The van der Waals surface area contributed by atoms with E-state index in [-0.39, 0.29) is 25.0 Å². The largest absolute Gasteiger partial charge is 0.480 e. The van der Waals surface area contributed by atoms with E-state index in [4.69, 9.17) is 16.6 Å². The molecule has 0 bridgehead atoms. The van der Waals surface area contributed by atoms with E-state index in [1.165, 1.54) is 11.2 Å². The average molecular weight is 484 g/mol. The van der Waals surface area contributed by atoms with Crippen molar-refractivity contribution < 1.29 is 29.1 Å². The topological polar surface area (TPSA) is 214 Å². The molecule has 0 spiro atoms. The molecular weight excluding hydrogens is 454 g/mol. The first-order valence-electron chi connectivity index (χ1n) is 10.4. The minimum absolute atomic E-state index is 0.133. The van der Waals surface area contributed by atoms with Gasteiger partial charge in [-0.2, -0.15) is 12.6 Å². The molecule has 2 rings (SSSR count). The molecule has 33 heavy (non-hydrogen) atoms. The van der Waals surface area contributed by atoms with Gasteiger partial charge < -0.3 is 37.1 Å². The van der Waals surface area contributed by atoms with Crippen molar-refractivity contribution in [2.45, 2.75) is 56.3 Å². The van der Waals surface area contributed by atoms with Gasteiger partial charge in [-0.05, 0) is 19.3 Å². The number of primary amides is 1. The summed E-state index contributed by atoms with van der Waals surface area (Å²) in [5.74, 6) is -3.96. The van der Waals surface area contributed by atoms with Gasteiger partial charge in [-0.1, -0.05) is 0 Å². The predicted molar refractivity (Wildman–Crippen MR) is 119 cm³/mol. The number of hydrogen-bond donors (Lipinski definition) is 7. The molecule has 0 aliphatic carbocycles. The van der Waals surface area contributed by atoms with Crippen LogP contribution in [0.15, 0.2) is 12.5 Å². The number of nitrogens with two attached hydrogens (primary N) is 2. The zero-order chi connectivity index (χ0) is 24.5. The monoisotopic (exact) mass is 483 g/mol. The summed E-state index contributed by atoms with van der Waals surface area (Å²) in [5.41, 5.74) is 11.9. The Hall–Kier alpha value is -3.13. The van der Waals surface area contributed by atoms with Crippen LogP contribution in [0.4, 0.5) is 0 Å². The number of hydrogen-bond acceptors (Lipinski definition) is 8. The second-order valence-corrected chi connectivity index (χ2v) is 8.09. The fourth-order valence-corrected chi connectivity index (χ4v) is 3.77. The number of nitrogens with one attached hydrogen (secondary N) is 3. The number of aliphatic carboxylic acids is 1. The fraction of sp³-hybridized carbons (Fsp3) is 0.579. The molecule has 1 fully saturated rings. The lowest BCUT2D eigenvalue weighted by Gasteiger charge is -2.28. The lowest BCUT2D eigenvalue weighted by atomic mass is 10.1. The lowest BCUT2D eigenvalue weighted by Crippen LogP contribution is -2.57. The van der Waals surface area contributed by atoms with Crippen LogP contribution in [-0.4, -0.2) is 86.0 Å². The van der Waals surface area contributed by atoms with Crippen molar-refractivity contribution in [1.82, 2.24) is 25.5 Å². The molecule has 0 radical (unpaired) electrons. The highest BCUT2D eigenvalue weighted by molar-refractivity contribution is 7.80. The molecule has 4 atom stereocenters. The summed E-state index contributed by atoms with van der Waals surface area (Å²) >= 11 is 3.89. The summed E-state index contributed by atoms with van der Waals surface area (Å²) in [7, 11) is 0. The maximum atomic E-state index is 13.0. The molecule has 1 aromatic heterocycles. The number of carbonyl (C=O) groups excluding carboxylic acids is 4. The number of amides is 4. The van der Waals surface area contributed by atoms with Crippen molar-refractivity contribution in [1.29, 1.82) is 0 Å². The minimum Gasteiger partial charge on any atom is -0.480 e. The number of H-pyrrole nitrogens is 1. The van der Waals surface area contributed by atoms with Crippen LogP contribution >= 0.6 is 12.6 Å². The number of carbonyl (C=O) groups is 5. The number of thiol groups is 1. The highest BCUT2D eigenvalue weighted by atomic mass is 32.1. The lowest BCUT2D eigenvalue weighted by molar-refractivity contribution is -0.142. The minimum atomic E-state index is -1.29. The SMILES string of the molecule is NC(=O)CCC(NC(=O)C1CCCN1C(=O)C(N)Cc1cnc[nH]1)C(=O)NC(CS)C(=O)O. The van der Waals surface area contributed by atoms with Crippen molar-refractivity contribution in [2.24, 2.45) is 11.5 Å². The average Bonchev–Trinajstić information content (AvgIpc) is 3.45. The third-order valence-corrected chi connectivity index (χ3v) is 5.63. The Morgan fingerprint density at radius 1 is 1.27 bits per heavy atom. The Kier molecular flexibility index (Phi) is 9.66. The molecule has 4 amide bonds. The highest BCUT2D eigenvalue weighted by Gasteiger charge is 2.38. The quantitative estimate of drug-likeness (QED) is 0.158. The number of aromatic nitrogens is 2. The van der Waals surface area contributed by atoms with Crippen LogP contribution in [0.5, 0.6) is 0 Å². The van der Waals surface area contributed by atoms with E-state index in [0.717, 1.165) is 0 Å². The number of nitrogens with zero attached hydrogens (tertiary/aromatic N) is 2. The molecule has 1 aliphatic rings. The Bertz CT molecular complexity index is 865. The number of rotatable bonds is 12. The second-order valence-electron chi connectivity index (χ2n) is 7.73. The molecule has 1 aliphatic heterocycles. The summed E-state index contributed by atoms with van der Waals surface area (Å²) in [6.45, 7) is 0.326. The van der Waals surface area contributed by atoms with Gasteiger partial charge in [-0.25, -0.2) is 9.78 Å². The van der Waals surface area contributed by atoms with E-state index in [1.807, 2.05) is 0 Å². The maximum Gasteiger partial charge on any atom is 0.327 e. The number of likely N-dealkylation sites (tertiary alicyclic amines) is 1. The molecule has 13 nitrogen and oxygen atoms in total. The van der Waals surface area contributed by atoms with Gasteiger partial charge in [0.1, 0.15) is 18.1 Å². The standard InChI is InChI=1S/C19H29N7O6S/c20-11(6-10-7-22-9-23-10)18(30)26-5-1-2-14(26)17(29)24-12(3-4-15(21)27)16(28)25-13(8-33)19(31)32/h7,9,11-14,33H,1-6,8,20H2,(H2,21,27)(H,22,23)(H,24,29)(H,25,28)(H,31,32). The Labute approximate surface area is 195 Å². The smallest absolute Gasteiger partial charge is 0.327 e. The van der Waals surface area contributed by atoms with E-state index < -0.39 is 53.8 Å². The molecule has 8 N–H and O–H groups in total. The van der Waals surface area contributed by atoms with Crippen LogP contribution in [0, 0.1) is 0 Å². The maximum absolute atomic E-state index is 13.0. The number of aromatic amines is 1. The van der Waals surface area contributed by atoms with Gasteiger partial charge in [0.25, 0.3) is 0 Å². The van der Waals surface area contributed by atoms with Crippen molar-refractivity contribution >= 4 is 42.2 Å². The first kappa shape index (κ1) is 26.1. The molecule has 1 saturated heterocycles. The van der Waals surface area contributed by atoms with E-state index in [1.54, 1.807) is 6.20 Å². The van der Waals surface area contributed by atoms with Gasteiger partial charge >= 0.3 is 5.97 Å². The summed E-state index contributed by atoms with van der Waals surface area (Å²) in [4.78, 5) is 68.9. The third kappa shape index (κ3) is 7.46. The van der Waals surface area contributed by atoms with Crippen molar-refractivity contribution in [3.63, 3.8) is 0 Å². The van der Waals surface area contributed by atoms with Crippen LogP contribution in [0.3, 0.4) is 0 Å². The van der Waals surface area contributed by atoms with Crippen LogP contribution < -0.4 is 22.1 Å². The summed E-state index contributed by atoms with van der Waals surface area (Å²) < 4.78 is 0. The van der Waals surface area contributed by atoms with E-state index in [0.29, 0.717) is 25.1 Å². The first-order valence-corrected chi connectivity index (χ1v) is 11.0. The molecule has 0 aromatic carbocycles. The Balaban J connectivity index is 2.07. The van der Waals surface area contributed by atoms with Crippen LogP contribution in [0.2, 0.25) is 0 Å². The van der Waals surface area contributed by atoms with Gasteiger partial charge in [0.2, 0.25) is 23.6 Å². The molecule has 1 aromatic rings. The Morgan fingerprint density at radius 3 is 2.58 bits per heavy atom. The summed E-state index contributed by atoms with van der Waals surface area (Å²) in [6.07, 6.45) is 3.84. The second kappa shape index (κ2) is 12.2. The third-order valence-electron chi connectivity index (χ3n) is 5.26. The van der Waals surface area contributed by atoms with Crippen molar-refractivity contribution in [3.8, 4) is 0 Å². The van der Waals surface area contributed by atoms with Gasteiger partial charge in [-0.15, -0.1) is 0 Å². The first-order chi connectivity index (χ1) is 15.6. The zero-order valence-electron chi connectivity index (χ0n) is 17.9. The van der Waals surface area contributed by atoms with Gasteiger partial charge in [0.15, 0.2) is 0 Å². The fourth-order valence-electron chi connectivity index (χ4n) is 3.52. The summed E-state index contributed by atoms with van der Waals surface area (Å²) in [5, 5.41) is 13.9. The van der Waals surface area contributed by atoms with Crippen molar-refractivity contribution in [2.75, 3.05) is 12.3 Å². The Morgan fingerprint density at radius 2 is 2.00 bits per heavy atom. The zero-order valence-corrected chi connectivity index (χ0v) is 18.8. The summed E-state index contributed by atoms with van der Waals surface area (Å²) in [6, 6.07) is -4.24. The van der Waals surface area contributed by atoms with Crippen LogP contribution in [0.25, 0.3) is 0 Å². The molecular formula is C19H29N7O6S. The predicted octanol–water partition coefficient (Wildman–Crippen LogP) is -2.48. The molecule has 182 valence electrons. The van der Waals surface area contributed by atoms with E-state index in [9.17, 15) is 24.0 Å². The molecule has 0 saturated carbocycles. The number of carboxylic acids is 1. The number of carboxylic acid groups (broad SMARTS) is 1. The number of imidazole rings is 1. The van der Waals surface area contributed by atoms with E-state index in [2.05, 4.69) is 33.2 Å². The highest BCUT2D eigenvalue weighted by Crippen LogP contribution is 2.19. The molecule has 14 heteroatoms. The van der Waals surface area contributed by atoms with Crippen LogP contribution in [-0.2, 0) is 30.4 Å². The van der Waals surface area contributed by atoms with E-state index >= 15 is 0 Å². The molecule has 2 heterocycles. The molecule has 4 unspecified atom stereocenters. The van der Waals surface area contributed by atoms with Gasteiger partial charge in [0.05, 0.1) is 12.4 Å². The van der Waals surface area contributed by atoms with Gasteiger partial charge in [-0.3, -0.25) is 19.2 Å². The van der Waals surface area contributed by atoms with Crippen molar-refractivity contribution in [3.05, 3.63) is 18.2 Å². The van der Waals surface area contributed by atoms with Gasteiger partial charge in [0, 0.05) is 37.0 Å². The van der Waals surface area contributed by atoms with Crippen LogP contribution in [0.1, 0.15) is 31.4 Å². The normalized spacial score (nSPS) is 18.2.